The molecular weight excluding hydrogens is 192 g/mol. The summed E-state index contributed by atoms with van der Waals surface area (Å²) in [5.74, 6) is 2.04. The fourth-order valence-electron chi connectivity index (χ4n) is 4.25. The molecule has 0 aromatic rings. The summed E-state index contributed by atoms with van der Waals surface area (Å²) in [6.07, 6.45) is 13.0. The highest BCUT2D eigenvalue weighted by molar-refractivity contribution is 4.88. The zero-order chi connectivity index (χ0) is 12.0. The van der Waals surface area contributed by atoms with E-state index in [1.165, 1.54) is 57.8 Å². The molecule has 0 aromatic carbocycles. The SMILES string of the molecule is CCCC(C)(CCC)C1CCCCC1CC. The summed E-state index contributed by atoms with van der Waals surface area (Å²) in [5, 5.41) is 0. The van der Waals surface area contributed by atoms with Gasteiger partial charge in [-0.1, -0.05) is 66.2 Å². The van der Waals surface area contributed by atoms with Crippen LogP contribution >= 0.6 is 0 Å². The average molecular weight is 224 g/mol. The second-order valence-electron chi connectivity index (χ2n) is 6.21. The molecule has 2 unspecified atom stereocenters. The third-order valence-electron chi connectivity index (χ3n) is 4.97. The van der Waals surface area contributed by atoms with E-state index in [0.717, 1.165) is 11.8 Å². The van der Waals surface area contributed by atoms with Crippen molar-refractivity contribution in [2.75, 3.05) is 0 Å². The van der Waals surface area contributed by atoms with E-state index >= 15 is 0 Å². The topological polar surface area (TPSA) is 0 Å². The van der Waals surface area contributed by atoms with Crippen molar-refractivity contribution >= 4 is 0 Å². The Morgan fingerprint density at radius 3 is 2.00 bits per heavy atom. The van der Waals surface area contributed by atoms with Gasteiger partial charge in [0.15, 0.2) is 0 Å². The fourth-order valence-corrected chi connectivity index (χ4v) is 4.25. The molecule has 0 aromatic heterocycles. The first-order chi connectivity index (χ1) is 7.68. The molecule has 1 aliphatic carbocycles. The number of hydrogen-bond donors (Lipinski definition) is 0. The van der Waals surface area contributed by atoms with E-state index in [2.05, 4.69) is 27.7 Å². The van der Waals surface area contributed by atoms with Crippen LogP contribution in [0.1, 0.15) is 85.5 Å². The van der Waals surface area contributed by atoms with Crippen LogP contribution < -0.4 is 0 Å². The monoisotopic (exact) mass is 224 g/mol. The maximum absolute atomic E-state index is 2.58. The standard InChI is InChI=1S/C16H32/c1-5-12-16(4,13-6-2)15-11-9-8-10-14(15)7-3/h14-15H,5-13H2,1-4H3. The summed E-state index contributed by atoms with van der Waals surface area (Å²) in [5.41, 5.74) is 0.643. The lowest BCUT2D eigenvalue weighted by molar-refractivity contribution is 0.0562. The lowest BCUT2D eigenvalue weighted by Crippen LogP contribution is -2.35. The largest absolute Gasteiger partial charge is 0.0654 e. The van der Waals surface area contributed by atoms with E-state index in [-0.39, 0.29) is 0 Å². The second kappa shape index (κ2) is 6.67. The minimum absolute atomic E-state index is 0.643. The van der Waals surface area contributed by atoms with E-state index in [9.17, 15) is 0 Å². The zero-order valence-electron chi connectivity index (χ0n) is 12.0. The van der Waals surface area contributed by atoms with Crippen LogP contribution in [-0.4, -0.2) is 0 Å². The molecule has 1 saturated carbocycles. The van der Waals surface area contributed by atoms with Gasteiger partial charge in [0.25, 0.3) is 0 Å². The van der Waals surface area contributed by atoms with Crippen molar-refractivity contribution < 1.29 is 0 Å². The Balaban J connectivity index is 2.73. The Morgan fingerprint density at radius 1 is 0.938 bits per heavy atom. The minimum Gasteiger partial charge on any atom is -0.0654 e. The number of hydrogen-bond acceptors (Lipinski definition) is 0. The molecule has 0 spiro atoms. The first-order valence-electron chi connectivity index (χ1n) is 7.68. The van der Waals surface area contributed by atoms with Crippen LogP contribution in [0.15, 0.2) is 0 Å². The van der Waals surface area contributed by atoms with Crippen LogP contribution in [0.25, 0.3) is 0 Å². The quantitative estimate of drug-likeness (QED) is 0.534. The van der Waals surface area contributed by atoms with Gasteiger partial charge in [-0.2, -0.15) is 0 Å². The number of rotatable bonds is 6. The highest BCUT2D eigenvalue weighted by atomic mass is 14.4. The van der Waals surface area contributed by atoms with Gasteiger partial charge in [0.2, 0.25) is 0 Å². The molecule has 16 heavy (non-hydrogen) atoms. The Morgan fingerprint density at radius 2 is 1.50 bits per heavy atom. The van der Waals surface area contributed by atoms with Crippen molar-refractivity contribution in [3.8, 4) is 0 Å². The Labute approximate surface area is 103 Å². The summed E-state index contributed by atoms with van der Waals surface area (Å²) < 4.78 is 0. The molecule has 0 aliphatic heterocycles. The first-order valence-corrected chi connectivity index (χ1v) is 7.68. The maximum atomic E-state index is 2.58. The molecule has 0 heterocycles. The molecule has 1 rings (SSSR count). The normalized spacial score (nSPS) is 27.0. The van der Waals surface area contributed by atoms with Crippen molar-refractivity contribution in [1.29, 1.82) is 0 Å². The van der Waals surface area contributed by atoms with Crippen LogP contribution in [0, 0.1) is 17.3 Å². The van der Waals surface area contributed by atoms with Crippen molar-refractivity contribution in [2.24, 2.45) is 17.3 Å². The lowest BCUT2D eigenvalue weighted by atomic mass is 9.61. The van der Waals surface area contributed by atoms with Crippen molar-refractivity contribution in [3.05, 3.63) is 0 Å². The van der Waals surface area contributed by atoms with Gasteiger partial charge in [-0.25, -0.2) is 0 Å². The predicted molar refractivity (Wildman–Crippen MR) is 73.7 cm³/mol. The summed E-state index contributed by atoms with van der Waals surface area (Å²) >= 11 is 0. The van der Waals surface area contributed by atoms with Gasteiger partial charge in [-0.3, -0.25) is 0 Å². The maximum Gasteiger partial charge on any atom is -0.0295 e. The third kappa shape index (κ3) is 3.25. The molecule has 0 nitrogen and oxygen atoms in total. The van der Waals surface area contributed by atoms with Crippen LogP contribution in [0.2, 0.25) is 0 Å². The van der Waals surface area contributed by atoms with Crippen molar-refractivity contribution in [1.82, 2.24) is 0 Å². The summed E-state index contributed by atoms with van der Waals surface area (Å²) in [6.45, 7) is 9.70. The molecule has 96 valence electrons. The van der Waals surface area contributed by atoms with Gasteiger partial charge in [0.1, 0.15) is 0 Å². The third-order valence-corrected chi connectivity index (χ3v) is 4.97. The van der Waals surface area contributed by atoms with Crippen molar-refractivity contribution in [3.63, 3.8) is 0 Å². The second-order valence-corrected chi connectivity index (χ2v) is 6.21. The van der Waals surface area contributed by atoms with E-state index in [1.807, 2.05) is 0 Å². The molecule has 1 aliphatic rings. The summed E-state index contributed by atoms with van der Waals surface area (Å²) in [6, 6.07) is 0. The first kappa shape index (κ1) is 14.1. The van der Waals surface area contributed by atoms with E-state index in [4.69, 9.17) is 0 Å². The summed E-state index contributed by atoms with van der Waals surface area (Å²) in [4.78, 5) is 0. The molecule has 0 amide bonds. The molecule has 0 bridgehead atoms. The molecule has 1 fully saturated rings. The van der Waals surface area contributed by atoms with Gasteiger partial charge in [0, 0.05) is 0 Å². The van der Waals surface area contributed by atoms with Gasteiger partial charge in [-0.15, -0.1) is 0 Å². The van der Waals surface area contributed by atoms with Crippen LogP contribution in [0.3, 0.4) is 0 Å². The molecule has 0 N–H and O–H groups in total. The smallest absolute Gasteiger partial charge is 0.0295 e. The minimum atomic E-state index is 0.643. The van der Waals surface area contributed by atoms with Gasteiger partial charge in [-0.05, 0) is 36.5 Å². The van der Waals surface area contributed by atoms with Gasteiger partial charge in [0.05, 0.1) is 0 Å². The molecule has 0 heteroatoms. The Bertz CT molecular complexity index is 176. The predicted octanol–water partition coefficient (Wildman–Crippen LogP) is 5.81. The van der Waals surface area contributed by atoms with Crippen LogP contribution in [0.4, 0.5) is 0 Å². The molecular formula is C16H32. The van der Waals surface area contributed by atoms with Crippen LogP contribution in [0.5, 0.6) is 0 Å². The van der Waals surface area contributed by atoms with E-state index in [1.54, 1.807) is 0 Å². The Kier molecular flexibility index (Phi) is 5.86. The highest BCUT2D eigenvalue weighted by Crippen LogP contribution is 2.48. The molecule has 0 saturated heterocycles. The van der Waals surface area contributed by atoms with Gasteiger partial charge < -0.3 is 0 Å². The molecule has 0 radical (unpaired) electrons. The molecule has 2 atom stereocenters. The van der Waals surface area contributed by atoms with E-state index < -0.39 is 0 Å². The van der Waals surface area contributed by atoms with Gasteiger partial charge >= 0.3 is 0 Å². The van der Waals surface area contributed by atoms with Crippen LogP contribution in [-0.2, 0) is 0 Å². The zero-order valence-corrected chi connectivity index (χ0v) is 12.0. The average Bonchev–Trinajstić information content (AvgIpc) is 2.29. The van der Waals surface area contributed by atoms with Crippen molar-refractivity contribution in [2.45, 2.75) is 85.5 Å². The lowest BCUT2D eigenvalue weighted by Gasteiger charge is -2.45. The summed E-state index contributed by atoms with van der Waals surface area (Å²) in [7, 11) is 0. The Hall–Kier alpha value is 0. The fraction of sp³-hybridized carbons (Fsp3) is 1.00. The van der Waals surface area contributed by atoms with E-state index in [0.29, 0.717) is 5.41 Å². The highest BCUT2D eigenvalue weighted by Gasteiger charge is 2.38.